The zero-order valence-electron chi connectivity index (χ0n) is 20.8. The summed E-state index contributed by atoms with van der Waals surface area (Å²) < 4.78 is 3.27. The topological polar surface area (TPSA) is 45.0 Å². The van der Waals surface area contributed by atoms with Crippen LogP contribution in [0.1, 0.15) is 31.0 Å². The number of carbonyl (C=O) groups excluding carboxylic acids is 1. The first-order valence-electron chi connectivity index (χ1n) is 11.9. The lowest BCUT2D eigenvalue weighted by Crippen LogP contribution is -2.42. The van der Waals surface area contributed by atoms with Gasteiger partial charge in [-0.25, -0.2) is 0 Å². The number of nitrogens with zero attached hydrogens (tertiary/aromatic N) is 2. The highest BCUT2D eigenvalue weighted by molar-refractivity contribution is 7.80. The van der Waals surface area contributed by atoms with Crippen LogP contribution in [0.3, 0.4) is 0 Å². The molecule has 0 atom stereocenters. The number of fused-ring (bicyclic) bond motifs is 1. The van der Waals surface area contributed by atoms with E-state index in [4.69, 9.17) is 0 Å². The van der Waals surface area contributed by atoms with Crippen LogP contribution in [-0.4, -0.2) is 50.4 Å². The fourth-order valence-electron chi connectivity index (χ4n) is 4.24. The molecule has 3 aromatic rings. The van der Waals surface area contributed by atoms with Crippen LogP contribution in [0.2, 0.25) is 0 Å². The largest absolute Gasteiger partial charge is 0.388 e. The molecule has 6 heteroatoms. The van der Waals surface area contributed by atoms with Gasteiger partial charge in [-0.3, -0.25) is 4.79 Å². The van der Waals surface area contributed by atoms with Gasteiger partial charge in [-0.1, -0.05) is 30.3 Å². The smallest absolute Gasteiger partial charge is 0.221 e. The maximum Gasteiger partial charge on any atom is 0.221 e. The number of thiol groups is 1. The van der Waals surface area contributed by atoms with Crippen LogP contribution in [0, 0.1) is 0 Å². The highest BCUT2D eigenvalue weighted by atomic mass is 32.1. The van der Waals surface area contributed by atoms with Gasteiger partial charge >= 0.3 is 0 Å². The molecule has 0 saturated heterocycles. The third kappa shape index (κ3) is 7.08. The van der Waals surface area contributed by atoms with Crippen molar-refractivity contribution in [2.75, 3.05) is 50.6 Å². The van der Waals surface area contributed by atoms with Crippen molar-refractivity contribution in [3.63, 3.8) is 0 Å². The second kappa shape index (κ2) is 12.0. The van der Waals surface area contributed by atoms with Gasteiger partial charge in [0.2, 0.25) is 11.6 Å². The maximum absolute atomic E-state index is 11.6. The summed E-state index contributed by atoms with van der Waals surface area (Å²) in [5, 5.41) is 8.60. The van der Waals surface area contributed by atoms with E-state index in [1.54, 1.807) is 0 Å². The summed E-state index contributed by atoms with van der Waals surface area (Å²) in [6, 6.07) is 16.7. The molecular formula is C28H38N4OS+2. The van der Waals surface area contributed by atoms with Gasteiger partial charge in [-0.2, -0.15) is 17.2 Å². The highest BCUT2D eigenvalue weighted by Gasteiger charge is 2.15. The van der Waals surface area contributed by atoms with E-state index < -0.39 is 0 Å². The van der Waals surface area contributed by atoms with E-state index in [0.717, 1.165) is 65.3 Å². The number of amides is 1. The lowest BCUT2D eigenvalue weighted by Gasteiger charge is -2.28. The Morgan fingerprint density at radius 3 is 2.50 bits per heavy atom. The van der Waals surface area contributed by atoms with E-state index in [0.29, 0.717) is 0 Å². The van der Waals surface area contributed by atoms with E-state index in [2.05, 4.69) is 96.7 Å². The van der Waals surface area contributed by atoms with Crippen LogP contribution in [-0.2, 0) is 11.3 Å². The van der Waals surface area contributed by atoms with E-state index in [1.807, 2.05) is 19.2 Å². The number of quaternary nitrogens is 1. The average molecular weight is 479 g/mol. The maximum atomic E-state index is 11.6. The second-order valence-electron chi connectivity index (χ2n) is 9.36. The van der Waals surface area contributed by atoms with Crippen LogP contribution in [0.25, 0.3) is 22.9 Å². The Morgan fingerprint density at radius 2 is 1.79 bits per heavy atom. The minimum atomic E-state index is -0.0643. The molecule has 0 aliphatic heterocycles. The summed E-state index contributed by atoms with van der Waals surface area (Å²) in [6.07, 6.45) is 8.63. The fraction of sp³-hybridized carbons (Fsp3) is 0.357. The van der Waals surface area contributed by atoms with Crippen molar-refractivity contribution in [2.45, 2.75) is 26.3 Å². The summed E-state index contributed by atoms with van der Waals surface area (Å²) >= 11 is 4.39. The lowest BCUT2D eigenvalue weighted by atomic mass is 10.0. The number of hydrogen-bond donors (Lipinski definition) is 3. The molecule has 180 valence electrons. The van der Waals surface area contributed by atoms with Gasteiger partial charge in [0.05, 0.1) is 32.9 Å². The quantitative estimate of drug-likeness (QED) is 0.156. The van der Waals surface area contributed by atoms with Crippen molar-refractivity contribution in [3.05, 3.63) is 66.0 Å². The number of carbonyl (C=O) groups is 1. The molecule has 0 aliphatic carbocycles. The average Bonchev–Trinajstić information content (AvgIpc) is 2.80. The first-order valence-corrected chi connectivity index (χ1v) is 12.6. The zero-order valence-corrected chi connectivity index (χ0v) is 21.7. The van der Waals surface area contributed by atoms with Gasteiger partial charge in [-0.05, 0) is 23.1 Å². The monoisotopic (exact) mass is 478 g/mol. The minimum Gasteiger partial charge on any atom is -0.388 e. The first-order chi connectivity index (χ1) is 16.3. The first kappa shape index (κ1) is 25.8. The molecule has 0 radical (unpaired) electrons. The van der Waals surface area contributed by atoms with E-state index in [-0.39, 0.29) is 5.91 Å². The molecule has 0 spiro atoms. The molecule has 2 N–H and O–H groups in total. The van der Waals surface area contributed by atoms with Gasteiger partial charge in [-0.15, -0.1) is 0 Å². The van der Waals surface area contributed by atoms with Crippen molar-refractivity contribution in [3.8, 4) is 0 Å². The number of nitrogens with one attached hydrogen (secondary N) is 2. The van der Waals surface area contributed by atoms with E-state index in [1.165, 1.54) is 17.7 Å². The van der Waals surface area contributed by atoms with Gasteiger partial charge in [0.25, 0.3) is 0 Å². The Hall–Kier alpha value is -2.83. The highest BCUT2D eigenvalue weighted by Crippen LogP contribution is 2.27. The number of aryl methyl sites for hydroxylation is 1. The zero-order chi connectivity index (χ0) is 24.6. The summed E-state index contributed by atoms with van der Waals surface area (Å²) in [6.45, 7) is 4.69. The molecule has 0 fully saturated rings. The minimum absolute atomic E-state index is 0.0643. The second-order valence-corrected chi connectivity index (χ2v) is 9.81. The molecule has 1 aromatic heterocycles. The van der Waals surface area contributed by atoms with E-state index in [9.17, 15) is 4.79 Å². The van der Waals surface area contributed by atoms with Crippen molar-refractivity contribution in [1.29, 1.82) is 0 Å². The molecule has 0 saturated carbocycles. The number of aromatic nitrogens is 1. The van der Waals surface area contributed by atoms with Crippen molar-refractivity contribution < 1.29 is 13.8 Å². The molecular weight excluding hydrogens is 440 g/mol. The Kier molecular flexibility index (Phi) is 9.13. The normalized spacial score (nSPS) is 11.8. The summed E-state index contributed by atoms with van der Waals surface area (Å²) in [4.78, 5) is 11.6. The lowest BCUT2D eigenvalue weighted by molar-refractivity contribution is -0.888. The van der Waals surface area contributed by atoms with Gasteiger partial charge in [0.1, 0.15) is 6.54 Å². The number of pyridine rings is 1. The van der Waals surface area contributed by atoms with Crippen molar-refractivity contribution >= 4 is 52.8 Å². The van der Waals surface area contributed by atoms with Gasteiger partial charge in [0.15, 0.2) is 6.20 Å². The third-order valence-corrected chi connectivity index (χ3v) is 6.37. The van der Waals surface area contributed by atoms with Crippen LogP contribution < -0.4 is 15.2 Å². The summed E-state index contributed by atoms with van der Waals surface area (Å²) in [5.41, 5.74) is 4.16. The fourth-order valence-corrected chi connectivity index (χ4v) is 4.78. The molecule has 3 rings (SSSR count). The van der Waals surface area contributed by atoms with Crippen LogP contribution in [0.5, 0.6) is 0 Å². The molecule has 34 heavy (non-hydrogen) atoms. The number of benzene rings is 2. The molecule has 2 aromatic carbocycles. The van der Waals surface area contributed by atoms with Gasteiger partial charge in [0, 0.05) is 61.8 Å². The predicted molar refractivity (Wildman–Crippen MR) is 148 cm³/mol. The Balaban J connectivity index is 1.85. The number of rotatable bonds is 11. The Morgan fingerprint density at radius 1 is 1.03 bits per heavy atom. The predicted octanol–water partition coefficient (Wildman–Crippen LogP) is 5.08. The molecule has 5 nitrogen and oxygen atoms in total. The number of anilines is 2. The standard InChI is InChI=1S/C28H36N4OS/c1-22(33)30-24-15-17-31(16-7-8-18-32(3,4)19-20-34)25(21-24)13-11-23-12-14-28(29-2)27-10-6-5-9-26(23)27/h5-6,9-15,17,21H,7-8,16,18-20H2,1-4H3,(H-,29,30,33,34)/p+2. The van der Waals surface area contributed by atoms with Crippen LogP contribution in [0.15, 0.2) is 54.7 Å². The van der Waals surface area contributed by atoms with Crippen LogP contribution in [0.4, 0.5) is 11.4 Å². The SMILES string of the molecule is CNc1ccc(/C=C/c2cc(NC(C)=O)cc[n+]2CCCC[N+](C)(C)CCS)c2ccccc12. The van der Waals surface area contributed by atoms with Gasteiger partial charge < -0.3 is 15.1 Å². The molecule has 1 heterocycles. The van der Waals surface area contributed by atoms with Crippen LogP contribution >= 0.6 is 12.6 Å². The molecule has 0 aliphatic rings. The molecule has 1 amide bonds. The number of hydrogen-bond acceptors (Lipinski definition) is 3. The Labute approximate surface area is 209 Å². The Bertz CT molecular complexity index is 1160. The summed E-state index contributed by atoms with van der Waals surface area (Å²) in [7, 11) is 6.49. The van der Waals surface area contributed by atoms with Crippen molar-refractivity contribution in [2.24, 2.45) is 0 Å². The molecule has 0 bridgehead atoms. The molecule has 0 unspecified atom stereocenters. The summed E-state index contributed by atoms with van der Waals surface area (Å²) in [5.74, 6) is 0.844. The third-order valence-electron chi connectivity index (χ3n) is 6.17. The van der Waals surface area contributed by atoms with Crippen molar-refractivity contribution in [1.82, 2.24) is 0 Å². The van der Waals surface area contributed by atoms with E-state index >= 15 is 0 Å². The number of unbranched alkanes of at least 4 members (excludes halogenated alkanes) is 1.